The fraction of sp³-hybridized carbons (Fsp3) is 0.692. The molecule has 0 radical (unpaired) electrons. The number of rotatable bonds is 4. The molecule has 17 heavy (non-hydrogen) atoms. The fourth-order valence-corrected chi connectivity index (χ4v) is 2.42. The van der Waals surface area contributed by atoms with E-state index in [0.717, 1.165) is 32.7 Å². The van der Waals surface area contributed by atoms with Gasteiger partial charge in [0.25, 0.3) is 0 Å². The fourth-order valence-electron chi connectivity index (χ4n) is 2.42. The number of ether oxygens (including phenoxy) is 1. The number of furan rings is 1. The summed E-state index contributed by atoms with van der Waals surface area (Å²) >= 11 is 0. The van der Waals surface area contributed by atoms with Gasteiger partial charge in [0.15, 0.2) is 0 Å². The van der Waals surface area contributed by atoms with E-state index in [0.29, 0.717) is 5.76 Å². The zero-order valence-electron chi connectivity index (χ0n) is 10.6. The topological polar surface area (TPSA) is 45.8 Å². The highest BCUT2D eigenvalue weighted by molar-refractivity contribution is 5.09. The Bertz CT molecular complexity index is 332. The molecule has 4 heteroatoms. The Kier molecular flexibility index (Phi) is 3.86. The number of aliphatic hydroxyl groups is 1. The van der Waals surface area contributed by atoms with Gasteiger partial charge in [-0.05, 0) is 25.5 Å². The molecule has 0 saturated carbocycles. The summed E-state index contributed by atoms with van der Waals surface area (Å²) < 4.78 is 10.7. The zero-order chi connectivity index (χ0) is 12.3. The Morgan fingerprint density at radius 1 is 1.47 bits per heavy atom. The molecule has 1 aliphatic heterocycles. The van der Waals surface area contributed by atoms with Crippen molar-refractivity contribution in [2.75, 3.05) is 26.3 Å². The smallest absolute Gasteiger partial charge is 0.134 e. The predicted molar refractivity (Wildman–Crippen MR) is 64.8 cm³/mol. The largest absolute Gasteiger partial charge is 0.467 e. The van der Waals surface area contributed by atoms with Crippen LogP contribution in [0.15, 0.2) is 22.8 Å². The number of morpholine rings is 1. The summed E-state index contributed by atoms with van der Waals surface area (Å²) in [5.41, 5.74) is -0.290. The number of aliphatic hydroxyl groups excluding tert-OH is 1. The maximum Gasteiger partial charge on any atom is 0.134 e. The summed E-state index contributed by atoms with van der Waals surface area (Å²) in [5.74, 6) is 0.640. The van der Waals surface area contributed by atoms with Crippen LogP contribution in [0.5, 0.6) is 0 Å². The van der Waals surface area contributed by atoms with Crippen LogP contribution in [0, 0.1) is 0 Å². The second kappa shape index (κ2) is 5.21. The molecule has 2 rings (SSSR count). The quantitative estimate of drug-likeness (QED) is 0.870. The Morgan fingerprint density at radius 2 is 2.18 bits per heavy atom. The van der Waals surface area contributed by atoms with Gasteiger partial charge in [0, 0.05) is 13.1 Å². The highest BCUT2D eigenvalue weighted by Crippen LogP contribution is 2.34. The van der Waals surface area contributed by atoms with Gasteiger partial charge in [0.1, 0.15) is 11.9 Å². The summed E-state index contributed by atoms with van der Waals surface area (Å²) in [4.78, 5) is 2.30. The van der Waals surface area contributed by atoms with Gasteiger partial charge in [-0.2, -0.15) is 0 Å². The molecule has 2 unspecified atom stereocenters. The van der Waals surface area contributed by atoms with E-state index in [-0.39, 0.29) is 5.54 Å². The van der Waals surface area contributed by atoms with E-state index in [1.165, 1.54) is 0 Å². The molecule has 0 bridgehead atoms. The highest BCUT2D eigenvalue weighted by atomic mass is 16.5. The van der Waals surface area contributed by atoms with Crippen LogP contribution in [-0.4, -0.2) is 41.8 Å². The SMILES string of the molecule is CCC(C)(C(O)c1ccco1)N1CCOCC1. The Hall–Kier alpha value is -0.840. The lowest BCUT2D eigenvalue weighted by atomic mass is 9.87. The van der Waals surface area contributed by atoms with Crippen molar-refractivity contribution in [2.45, 2.75) is 31.9 Å². The number of hydrogen-bond acceptors (Lipinski definition) is 4. The third-order valence-corrected chi connectivity index (χ3v) is 3.85. The first-order valence-electron chi connectivity index (χ1n) is 6.22. The van der Waals surface area contributed by atoms with Crippen LogP contribution < -0.4 is 0 Å². The zero-order valence-corrected chi connectivity index (χ0v) is 10.6. The van der Waals surface area contributed by atoms with E-state index in [4.69, 9.17) is 9.15 Å². The van der Waals surface area contributed by atoms with Crippen molar-refractivity contribution in [1.29, 1.82) is 0 Å². The molecule has 0 spiro atoms. The highest BCUT2D eigenvalue weighted by Gasteiger charge is 2.40. The van der Waals surface area contributed by atoms with Gasteiger partial charge < -0.3 is 14.3 Å². The number of hydrogen-bond donors (Lipinski definition) is 1. The molecular formula is C13H21NO3. The van der Waals surface area contributed by atoms with Gasteiger partial charge in [-0.25, -0.2) is 0 Å². The summed E-state index contributed by atoms with van der Waals surface area (Å²) in [6, 6.07) is 3.65. The second-order valence-electron chi connectivity index (χ2n) is 4.73. The first kappa shape index (κ1) is 12.6. The van der Waals surface area contributed by atoms with Crippen molar-refractivity contribution in [3.05, 3.63) is 24.2 Å². The average Bonchev–Trinajstić information content (AvgIpc) is 2.92. The molecule has 96 valence electrons. The maximum absolute atomic E-state index is 10.5. The standard InChI is InChI=1S/C13H21NO3/c1-3-13(2,14-6-9-16-10-7-14)12(15)11-5-4-8-17-11/h4-5,8,12,15H,3,6-7,9-10H2,1-2H3. The van der Waals surface area contributed by atoms with Crippen LogP contribution in [0.2, 0.25) is 0 Å². The Labute approximate surface area is 102 Å². The lowest BCUT2D eigenvalue weighted by Crippen LogP contribution is -2.54. The molecule has 0 aliphatic carbocycles. The third-order valence-electron chi connectivity index (χ3n) is 3.85. The average molecular weight is 239 g/mol. The molecular weight excluding hydrogens is 218 g/mol. The van der Waals surface area contributed by atoms with Crippen molar-refractivity contribution in [3.63, 3.8) is 0 Å². The normalized spacial score (nSPS) is 23.2. The van der Waals surface area contributed by atoms with Crippen LogP contribution in [0.1, 0.15) is 32.1 Å². The van der Waals surface area contributed by atoms with Gasteiger partial charge in [0.05, 0.1) is 25.0 Å². The van der Waals surface area contributed by atoms with Crippen LogP contribution >= 0.6 is 0 Å². The van der Waals surface area contributed by atoms with Crippen LogP contribution in [0.3, 0.4) is 0 Å². The van der Waals surface area contributed by atoms with Gasteiger partial charge in [-0.15, -0.1) is 0 Å². The lowest BCUT2D eigenvalue weighted by molar-refractivity contribution is -0.0793. The van der Waals surface area contributed by atoms with Gasteiger partial charge in [0.2, 0.25) is 0 Å². The molecule has 1 aromatic rings. The van der Waals surface area contributed by atoms with Crippen LogP contribution in [0.4, 0.5) is 0 Å². The molecule has 2 atom stereocenters. The van der Waals surface area contributed by atoms with E-state index in [9.17, 15) is 5.11 Å². The second-order valence-corrected chi connectivity index (χ2v) is 4.73. The molecule has 0 aromatic carbocycles. The summed E-state index contributed by atoms with van der Waals surface area (Å²) in [7, 11) is 0. The van der Waals surface area contributed by atoms with E-state index >= 15 is 0 Å². The number of nitrogens with zero attached hydrogens (tertiary/aromatic N) is 1. The van der Waals surface area contributed by atoms with Crippen molar-refractivity contribution < 1.29 is 14.3 Å². The van der Waals surface area contributed by atoms with Gasteiger partial charge in [-0.3, -0.25) is 4.90 Å². The van der Waals surface area contributed by atoms with E-state index in [1.807, 2.05) is 12.1 Å². The molecule has 1 N–H and O–H groups in total. The molecule has 1 saturated heterocycles. The molecule has 1 fully saturated rings. The van der Waals surface area contributed by atoms with E-state index in [1.54, 1.807) is 6.26 Å². The molecule has 0 amide bonds. The van der Waals surface area contributed by atoms with Crippen LogP contribution in [0.25, 0.3) is 0 Å². The molecule has 2 heterocycles. The maximum atomic E-state index is 10.5. The van der Waals surface area contributed by atoms with Crippen molar-refractivity contribution >= 4 is 0 Å². The van der Waals surface area contributed by atoms with Crippen molar-refractivity contribution in [1.82, 2.24) is 4.90 Å². The first-order chi connectivity index (χ1) is 8.18. The summed E-state index contributed by atoms with van der Waals surface area (Å²) in [5, 5.41) is 10.5. The van der Waals surface area contributed by atoms with Crippen LogP contribution in [-0.2, 0) is 4.74 Å². The summed E-state index contributed by atoms with van der Waals surface area (Å²) in [6.45, 7) is 7.39. The molecule has 4 nitrogen and oxygen atoms in total. The minimum atomic E-state index is -0.597. The monoisotopic (exact) mass is 239 g/mol. The third kappa shape index (κ3) is 2.39. The summed E-state index contributed by atoms with van der Waals surface area (Å²) in [6.07, 6.45) is 1.88. The predicted octanol–water partition coefficient (Wildman–Crippen LogP) is 1.81. The minimum Gasteiger partial charge on any atom is -0.467 e. The van der Waals surface area contributed by atoms with E-state index < -0.39 is 6.10 Å². The first-order valence-corrected chi connectivity index (χ1v) is 6.22. The van der Waals surface area contributed by atoms with Gasteiger partial charge in [-0.1, -0.05) is 6.92 Å². The minimum absolute atomic E-state index is 0.290. The van der Waals surface area contributed by atoms with E-state index in [2.05, 4.69) is 18.7 Å². The Morgan fingerprint density at radius 3 is 2.71 bits per heavy atom. The molecule has 1 aliphatic rings. The molecule has 1 aromatic heterocycles. The Balaban J connectivity index is 2.17. The lowest BCUT2D eigenvalue weighted by Gasteiger charge is -2.45. The van der Waals surface area contributed by atoms with Gasteiger partial charge >= 0.3 is 0 Å². The van der Waals surface area contributed by atoms with Crippen molar-refractivity contribution in [3.8, 4) is 0 Å². The van der Waals surface area contributed by atoms with Crippen molar-refractivity contribution in [2.24, 2.45) is 0 Å².